The highest BCUT2D eigenvalue weighted by molar-refractivity contribution is 6.32. The average Bonchev–Trinajstić information content (AvgIpc) is 3.38. The van der Waals surface area contributed by atoms with E-state index < -0.39 is 0 Å². The van der Waals surface area contributed by atoms with E-state index >= 15 is 0 Å². The Morgan fingerprint density at radius 1 is 1.37 bits per heavy atom. The third-order valence-electron chi connectivity index (χ3n) is 4.55. The molecule has 2 atom stereocenters. The predicted octanol–water partition coefficient (Wildman–Crippen LogP) is 3.71. The van der Waals surface area contributed by atoms with Gasteiger partial charge in [-0.1, -0.05) is 17.7 Å². The molecule has 0 spiro atoms. The zero-order chi connectivity index (χ0) is 21.7. The van der Waals surface area contributed by atoms with Crippen molar-refractivity contribution in [3.05, 3.63) is 58.5 Å². The molecule has 2 aromatic heterocycles. The minimum absolute atomic E-state index is 0.153. The zero-order valence-corrected chi connectivity index (χ0v) is 17.8. The summed E-state index contributed by atoms with van der Waals surface area (Å²) in [5.41, 5.74) is 3.06. The Bertz CT molecular complexity index is 1070. The van der Waals surface area contributed by atoms with Crippen LogP contribution in [-0.4, -0.2) is 38.5 Å². The quantitative estimate of drug-likeness (QED) is 0.570. The minimum atomic E-state index is -0.264. The third kappa shape index (κ3) is 5.06. The number of aromatic nitrogens is 4. The molecule has 8 nitrogen and oxygen atoms in total. The Balaban J connectivity index is 1.60. The number of carbonyl (C=O) groups excluding carboxylic acids is 1. The molecule has 0 saturated carbocycles. The fraction of sp³-hybridized carbons (Fsp3) is 0.333. The number of amides is 1. The van der Waals surface area contributed by atoms with Crippen molar-refractivity contribution >= 4 is 17.5 Å². The molecule has 0 bridgehead atoms. The van der Waals surface area contributed by atoms with E-state index in [-0.39, 0.29) is 18.1 Å². The SMILES string of the molecule is CCOC(C)c1cc(C(=O)N[C@@H](C)Cn2ccc(-c3ccc(C#N)c(Cl)c3)n2)n[nH]1. The van der Waals surface area contributed by atoms with Crippen LogP contribution in [0.2, 0.25) is 5.02 Å². The van der Waals surface area contributed by atoms with E-state index in [2.05, 4.69) is 20.6 Å². The first-order valence-corrected chi connectivity index (χ1v) is 10.00. The number of nitriles is 1. The van der Waals surface area contributed by atoms with Crippen LogP contribution in [0, 0.1) is 11.3 Å². The van der Waals surface area contributed by atoms with E-state index in [1.54, 1.807) is 28.9 Å². The number of ether oxygens (including phenoxy) is 1. The van der Waals surface area contributed by atoms with Gasteiger partial charge in [0.05, 0.1) is 34.6 Å². The van der Waals surface area contributed by atoms with Gasteiger partial charge in [-0.05, 0) is 45.0 Å². The van der Waals surface area contributed by atoms with Crippen LogP contribution >= 0.6 is 11.6 Å². The van der Waals surface area contributed by atoms with E-state index in [4.69, 9.17) is 21.6 Å². The topological polar surface area (TPSA) is 109 Å². The highest BCUT2D eigenvalue weighted by Gasteiger charge is 2.16. The number of H-pyrrole nitrogens is 1. The molecule has 0 saturated heterocycles. The Morgan fingerprint density at radius 2 is 2.17 bits per heavy atom. The summed E-state index contributed by atoms with van der Waals surface area (Å²) in [5, 5.41) is 23.7. The number of carbonyl (C=O) groups is 1. The van der Waals surface area contributed by atoms with E-state index in [0.29, 0.717) is 29.4 Å². The van der Waals surface area contributed by atoms with Gasteiger partial charge >= 0.3 is 0 Å². The van der Waals surface area contributed by atoms with Crippen molar-refractivity contribution in [2.24, 2.45) is 0 Å². The number of hydrogen-bond acceptors (Lipinski definition) is 5. The number of nitrogens with one attached hydrogen (secondary N) is 2. The molecule has 3 aromatic rings. The van der Waals surface area contributed by atoms with Gasteiger partial charge in [-0.3, -0.25) is 14.6 Å². The number of benzene rings is 1. The van der Waals surface area contributed by atoms with Gasteiger partial charge in [0, 0.05) is 24.4 Å². The molecule has 2 heterocycles. The maximum Gasteiger partial charge on any atom is 0.272 e. The van der Waals surface area contributed by atoms with Crippen LogP contribution in [0.15, 0.2) is 36.5 Å². The molecule has 30 heavy (non-hydrogen) atoms. The fourth-order valence-corrected chi connectivity index (χ4v) is 3.23. The molecule has 0 radical (unpaired) electrons. The minimum Gasteiger partial charge on any atom is -0.373 e. The van der Waals surface area contributed by atoms with Gasteiger partial charge in [0.1, 0.15) is 11.8 Å². The van der Waals surface area contributed by atoms with Gasteiger partial charge in [-0.25, -0.2) is 0 Å². The molecule has 1 unspecified atom stereocenters. The molecule has 1 amide bonds. The monoisotopic (exact) mass is 426 g/mol. The molecule has 0 aliphatic heterocycles. The van der Waals surface area contributed by atoms with E-state index in [1.807, 2.05) is 39.1 Å². The third-order valence-corrected chi connectivity index (χ3v) is 4.86. The van der Waals surface area contributed by atoms with Crippen molar-refractivity contribution in [1.82, 2.24) is 25.3 Å². The first-order chi connectivity index (χ1) is 14.4. The summed E-state index contributed by atoms with van der Waals surface area (Å²) in [6.45, 7) is 6.78. The van der Waals surface area contributed by atoms with Gasteiger partial charge in [-0.2, -0.15) is 15.5 Å². The fourth-order valence-electron chi connectivity index (χ4n) is 3.01. The van der Waals surface area contributed by atoms with E-state index in [1.165, 1.54) is 0 Å². The molecule has 0 fully saturated rings. The van der Waals surface area contributed by atoms with Gasteiger partial charge in [-0.15, -0.1) is 0 Å². The molecular weight excluding hydrogens is 404 g/mol. The Kier molecular flexibility index (Phi) is 6.87. The van der Waals surface area contributed by atoms with Crippen molar-refractivity contribution in [3.8, 4) is 17.3 Å². The van der Waals surface area contributed by atoms with Crippen LogP contribution in [0.5, 0.6) is 0 Å². The number of aromatic amines is 1. The van der Waals surface area contributed by atoms with E-state index in [9.17, 15) is 4.79 Å². The van der Waals surface area contributed by atoms with Crippen LogP contribution in [0.1, 0.15) is 48.6 Å². The lowest BCUT2D eigenvalue weighted by atomic mass is 10.1. The van der Waals surface area contributed by atoms with Crippen LogP contribution in [0.4, 0.5) is 0 Å². The normalized spacial score (nSPS) is 12.9. The standard InChI is InChI=1S/C21H23ClN6O2/c1-4-30-14(3)19-10-20(26-25-19)21(29)24-13(2)12-28-8-7-18(27-28)15-5-6-16(11-23)17(22)9-15/h5-10,13-14H,4,12H2,1-3H3,(H,24,29)(H,25,26)/t13-,14?/m0/s1. The highest BCUT2D eigenvalue weighted by Crippen LogP contribution is 2.24. The molecule has 0 aliphatic rings. The highest BCUT2D eigenvalue weighted by atomic mass is 35.5. The molecule has 3 rings (SSSR count). The Labute approximate surface area is 179 Å². The van der Waals surface area contributed by atoms with E-state index in [0.717, 1.165) is 17.0 Å². The second-order valence-electron chi connectivity index (χ2n) is 6.91. The lowest BCUT2D eigenvalue weighted by Crippen LogP contribution is -2.36. The number of hydrogen-bond donors (Lipinski definition) is 2. The number of halogens is 1. The van der Waals surface area contributed by atoms with Crippen molar-refractivity contribution in [2.45, 2.75) is 39.5 Å². The van der Waals surface area contributed by atoms with Crippen LogP contribution in [0.25, 0.3) is 11.3 Å². The summed E-state index contributed by atoms with van der Waals surface area (Å²) in [4.78, 5) is 12.5. The Hall–Kier alpha value is -3.15. The number of rotatable bonds is 8. The maximum atomic E-state index is 12.5. The van der Waals surface area contributed by atoms with Gasteiger partial charge < -0.3 is 10.1 Å². The molecule has 9 heteroatoms. The predicted molar refractivity (Wildman–Crippen MR) is 113 cm³/mol. The summed E-state index contributed by atoms with van der Waals surface area (Å²) >= 11 is 6.10. The molecule has 156 valence electrons. The number of nitrogens with zero attached hydrogens (tertiary/aromatic N) is 4. The Morgan fingerprint density at radius 3 is 2.87 bits per heavy atom. The summed E-state index contributed by atoms with van der Waals surface area (Å²) < 4.78 is 7.25. The van der Waals surface area contributed by atoms with Gasteiger partial charge in [0.2, 0.25) is 0 Å². The smallest absolute Gasteiger partial charge is 0.272 e. The summed E-state index contributed by atoms with van der Waals surface area (Å²) in [7, 11) is 0. The molecular formula is C21H23ClN6O2. The molecule has 0 aliphatic carbocycles. The maximum absolute atomic E-state index is 12.5. The van der Waals surface area contributed by atoms with Gasteiger partial charge in [0.15, 0.2) is 0 Å². The lowest BCUT2D eigenvalue weighted by Gasteiger charge is -2.13. The lowest BCUT2D eigenvalue weighted by molar-refractivity contribution is 0.0733. The first-order valence-electron chi connectivity index (χ1n) is 9.62. The van der Waals surface area contributed by atoms with Crippen LogP contribution in [0.3, 0.4) is 0 Å². The summed E-state index contributed by atoms with van der Waals surface area (Å²) in [5.74, 6) is -0.264. The van der Waals surface area contributed by atoms with Crippen molar-refractivity contribution in [1.29, 1.82) is 5.26 Å². The summed E-state index contributed by atoms with van der Waals surface area (Å²) in [6, 6.07) is 10.6. The first kappa shape index (κ1) is 21.6. The molecule has 1 aromatic carbocycles. The van der Waals surface area contributed by atoms with Crippen molar-refractivity contribution in [3.63, 3.8) is 0 Å². The van der Waals surface area contributed by atoms with Crippen molar-refractivity contribution in [2.75, 3.05) is 6.61 Å². The second-order valence-corrected chi connectivity index (χ2v) is 7.32. The van der Waals surface area contributed by atoms with Crippen LogP contribution in [-0.2, 0) is 11.3 Å². The second kappa shape index (κ2) is 9.57. The zero-order valence-electron chi connectivity index (χ0n) is 17.0. The van der Waals surface area contributed by atoms with Crippen LogP contribution < -0.4 is 5.32 Å². The average molecular weight is 427 g/mol. The molecule has 2 N–H and O–H groups in total. The summed E-state index contributed by atoms with van der Waals surface area (Å²) in [6.07, 6.45) is 1.68. The van der Waals surface area contributed by atoms with Crippen molar-refractivity contribution < 1.29 is 9.53 Å². The van der Waals surface area contributed by atoms with Gasteiger partial charge in [0.25, 0.3) is 5.91 Å². The largest absolute Gasteiger partial charge is 0.373 e.